The lowest BCUT2D eigenvalue weighted by molar-refractivity contribution is 0.285. The van der Waals surface area contributed by atoms with E-state index in [2.05, 4.69) is 10.6 Å². The Balaban J connectivity index is 1.40. The molecule has 0 amide bonds. The zero-order valence-corrected chi connectivity index (χ0v) is 19.0. The molecule has 0 spiro atoms. The SMILES string of the molecule is Clc1ccc(OCc2nc3ccccc3n2CCCCOc2ccccc2Cl)c(Cl)c1. The van der Waals surface area contributed by atoms with Crippen LogP contribution in [0, 0.1) is 0 Å². The Hall–Kier alpha value is -2.40. The van der Waals surface area contributed by atoms with Crippen molar-refractivity contribution in [3.8, 4) is 11.5 Å². The quantitative estimate of drug-likeness (QED) is 0.236. The van der Waals surface area contributed by atoms with Gasteiger partial charge >= 0.3 is 0 Å². The second-order valence-electron chi connectivity index (χ2n) is 7.02. The monoisotopic (exact) mass is 474 g/mol. The van der Waals surface area contributed by atoms with E-state index in [1.807, 2.05) is 42.5 Å². The summed E-state index contributed by atoms with van der Waals surface area (Å²) in [6.07, 6.45) is 1.82. The Morgan fingerprint density at radius 1 is 0.774 bits per heavy atom. The van der Waals surface area contributed by atoms with Crippen molar-refractivity contribution in [3.63, 3.8) is 0 Å². The number of unbranched alkanes of at least 4 members (excludes halogenated alkanes) is 1. The summed E-state index contributed by atoms with van der Waals surface area (Å²) in [6, 6.07) is 20.8. The summed E-state index contributed by atoms with van der Waals surface area (Å²) in [5.41, 5.74) is 2.02. The number of imidazole rings is 1. The lowest BCUT2D eigenvalue weighted by Gasteiger charge is -2.12. The first-order valence-corrected chi connectivity index (χ1v) is 11.1. The molecule has 1 aromatic heterocycles. The van der Waals surface area contributed by atoms with Gasteiger partial charge in [-0.2, -0.15) is 0 Å². The van der Waals surface area contributed by atoms with Gasteiger partial charge < -0.3 is 14.0 Å². The Morgan fingerprint density at radius 2 is 1.55 bits per heavy atom. The average Bonchev–Trinajstić information content (AvgIpc) is 3.11. The molecule has 0 unspecified atom stereocenters. The number of ether oxygens (including phenoxy) is 2. The number of hydrogen-bond donors (Lipinski definition) is 0. The standard InChI is InChI=1S/C24H21Cl3N2O2/c25-17-11-12-23(19(27)15-17)31-16-24-28-20-8-2-3-9-21(20)29(24)13-5-6-14-30-22-10-4-1-7-18(22)26/h1-4,7-12,15H,5-6,13-14,16H2. The zero-order chi connectivity index (χ0) is 21.6. The molecule has 0 aliphatic heterocycles. The van der Waals surface area contributed by atoms with Crippen LogP contribution >= 0.6 is 34.8 Å². The van der Waals surface area contributed by atoms with Gasteiger partial charge in [-0.25, -0.2) is 4.98 Å². The Kier molecular flexibility index (Phi) is 7.23. The van der Waals surface area contributed by atoms with Crippen molar-refractivity contribution in [2.45, 2.75) is 26.0 Å². The fraction of sp³-hybridized carbons (Fsp3) is 0.208. The molecule has 0 aliphatic rings. The van der Waals surface area contributed by atoms with E-state index in [1.165, 1.54) is 0 Å². The van der Waals surface area contributed by atoms with Crippen LogP contribution in [0.4, 0.5) is 0 Å². The summed E-state index contributed by atoms with van der Waals surface area (Å²) in [5.74, 6) is 2.14. The maximum atomic E-state index is 6.23. The van der Waals surface area contributed by atoms with Gasteiger partial charge in [0, 0.05) is 11.6 Å². The van der Waals surface area contributed by atoms with Crippen LogP contribution < -0.4 is 9.47 Å². The van der Waals surface area contributed by atoms with Crippen LogP contribution in [0.5, 0.6) is 11.5 Å². The third-order valence-electron chi connectivity index (χ3n) is 4.85. The number of hydrogen-bond acceptors (Lipinski definition) is 3. The Labute approximate surface area is 196 Å². The summed E-state index contributed by atoms with van der Waals surface area (Å²) in [7, 11) is 0. The molecule has 1 heterocycles. The second kappa shape index (κ2) is 10.3. The van der Waals surface area contributed by atoms with Crippen molar-refractivity contribution < 1.29 is 9.47 Å². The van der Waals surface area contributed by atoms with Crippen LogP contribution in [-0.4, -0.2) is 16.2 Å². The van der Waals surface area contributed by atoms with Crippen LogP contribution in [0.25, 0.3) is 11.0 Å². The normalized spacial score (nSPS) is 11.1. The van der Waals surface area contributed by atoms with Crippen molar-refractivity contribution in [1.29, 1.82) is 0 Å². The fourth-order valence-electron chi connectivity index (χ4n) is 3.34. The average molecular weight is 476 g/mol. The first-order chi connectivity index (χ1) is 15.1. The molecule has 7 heteroatoms. The highest BCUT2D eigenvalue weighted by Gasteiger charge is 2.12. The smallest absolute Gasteiger partial charge is 0.147 e. The van der Waals surface area contributed by atoms with Gasteiger partial charge in [0.1, 0.15) is 23.9 Å². The molecule has 4 rings (SSSR count). The van der Waals surface area contributed by atoms with Crippen LogP contribution in [0.15, 0.2) is 66.7 Å². The predicted molar refractivity (Wildman–Crippen MR) is 127 cm³/mol. The molecule has 4 nitrogen and oxygen atoms in total. The van der Waals surface area contributed by atoms with Crippen LogP contribution in [0.1, 0.15) is 18.7 Å². The number of nitrogens with zero attached hydrogens (tertiary/aromatic N) is 2. The molecule has 0 N–H and O–H groups in total. The molecule has 0 saturated heterocycles. The van der Waals surface area contributed by atoms with E-state index >= 15 is 0 Å². The minimum absolute atomic E-state index is 0.312. The topological polar surface area (TPSA) is 36.3 Å². The van der Waals surface area contributed by atoms with Gasteiger partial charge in [0.05, 0.1) is 27.7 Å². The maximum Gasteiger partial charge on any atom is 0.147 e. The van der Waals surface area contributed by atoms with Gasteiger partial charge in [-0.05, 0) is 55.3 Å². The van der Waals surface area contributed by atoms with Gasteiger partial charge in [0.25, 0.3) is 0 Å². The largest absolute Gasteiger partial charge is 0.492 e. The van der Waals surface area contributed by atoms with E-state index in [4.69, 9.17) is 49.3 Å². The number of rotatable bonds is 9. The van der Waals surface area contributed by atoms with E-state index in [9.17, 15) is 0 Å². The van der Waals surface area contributed by atoms with Crippen LogP contribution in [-0.2, 0) is 13.2 Å². The maximum absolute atomic E-state index is 6.23. The highest BCUT2D eigenvalue weighted by Crippen LogP contribution is 2.29. The van der Waals surface area contributed by atoms with Gasteiger partial charge in [0.15, 0.2) is 0 Å². The molecule has 0 atom stereocenters. The lowest BCUT2D eigenvalue weighted by Crippen LogP contribution is -2.09. The van der Waals surface area contributed by atoms with Crippen molar-refractivity contribution in [1.82, 2.24) is 9.55 Å². The molecule has 160 valence electrons. The highest BCUT2D eigenvalue weighted by atomic mass is 35.5. The fourth-order valence-corrected chi connectivity index (χ4v) is 3.99. The van der Waals surface area contributed by atoms with Crippen molar-refractivity contribution in [3.05, 3.63) is 87.6 Å². The molecular formula is C24H21Cl3N2O2. The molecule has 3 aromatic carbocycles. The zero-order valence-electron chi connectivity index (χ0n) is 16.7. The third-order valence-corrected chi connectivity index (χ3v) is 5.70. The van der Waals surface area contributed by atoms with E-state index in [-0.39, 0.29) is 0 Å². The summed E-state index contributed by atoms with van der Waals surface area (Å²) in [5, 5.41) is 1.68. The molecule has 0 fully saturated rings. The summed E-state index contributed by atoms with van der Waals surface area (Å²) < 4.78 is 13.9. The number of halogens is 3. The lowest BCUT2D eigenvalue weighted by atomic mass is 10.3. The molecule has 0 radical (unpaired) electrons. The molecule has 0 saturated carbocycles. The van der Waals surface area contributed by atoms with Crippen molar-refractivity contribution >= 4 is 45.8 Å². The van der Waals surface area contributed by atoms with Gasteiger partial charge in [-0.15, -0.1) is 0 Å². The molecular weight excluding hydrogens is 455 g/mol. The van der Waals surface area contributed by atoms with Crippen molar-refractivity contribution in [2.24, 2.45) is 0 Å². The Morgan fingerprint density at radius 3 is 2.39 bits per heavy atom. The highest BCUT2D eigenvalue weighted by molar-refractivity contribution is 6.35. The number of aryl methyl sites for hydroxylation is 1. The number of fused-ring (bicyclic) bond motifs is 1. The van der Waals surface area contributed by atoms with Gasteiger partial charge in [-0.3, -0.25) is 0 Å². The van der Waals surface area contributed by atoms with Crippen LogP contribution in [0.3, 0.4) is 0 Å². The third kappa shape index (κ3) is 5.45. The minimum Gasteiger partial charge on any atom is -0.492 e. The minimum atomic E-state index is 0.312. The van der Waals surface area contributed by atoms with E-state index in [0.717, 1.165) is 36.2 Å². The first-order valence-electron chi connectivity index (χ1n) is 10.0. The Bertz CT molecular complexity index is 1180. The van der Waals surface area contributed by atoms with Crippen LogP contribution in [0.2, 0.25) is 15.1 Å². The summed E-state index contributed by atoms with van der Waals surface area (Å²) in [4.78, 5) is 4.75. The molecule has 0 bridgehead atoms. The number of benzene rings is 3. The van der Waals surface area contributed by atoms with Gasteiger partial charge in [-0.1, -0.05) is 59.1 Å². The summed E-state index contributed by atoms with van der Waals surface area (Å²) >= 11 is 18.3. The van der Waals surface area contributed by atoms with Crippen molar-refractivity contribution in [2.75, 3.05) is 6.61 Å². The predicted octanol–water partition coefficient (Wildman–Crippen LogP) is 7.43. The second-order valence-corrected chi connectivity index (χ2v) is 8.27. The van der Waals surface area contributed by atoms with Gasteiger partial charge in [0.2, 0.25) is 0 Å². The first kappa shape index (κ1) is 21.8. The van der Waals surface area contributed by atoms with E-state index in [1.54, 1.807) is 18.2 Å². The molecule has 0 aliphatic carbocycles. The number of para-hydroxylation sites is 3. The molecule has 31 heavy (non-hydrogen) atoms. The van der Waals surface area contributed by atoms with E-state index in [0.29, 0.717) is 39.8 Å². The van der Waals surface area contributed by atoms with E-state index < -0.39 is 0 Å². The summed E-state index contributed by atoms with van der Waals surface area (Å²) in [6.45, 7) is 1.72. The number of aromatic nitrogens is 2. The molecule has 4 aromatic rings.